The standard InChI is InChI=1S/C17H17F3N2O3S/c1-22(11-12-7-3-5-9-14(12)17(18,19)20)16(23)13-8-4-6-10-15(13)21-26(2,24)25/h3-10,21H,11H2,1-2H3. The maximum absolute atomic E-state index is 13.1. The molecule has 0 atom stereocenters. The number of carbonyl (C=O) groups excluding carboxylic acids is 1. The molecule has 0 aliphatic heterocycles. The first-order valence-electron chi connectivity index (χ1n) is 7.46. The van der Waals surface area contributed by atoms with E-state index in [-0.39, 0.29) is 23.4 Å². The van der Waals surface area contributed by atoms with Crippen LogP contribution in [0.1, 0.15) is 21.5 Å². The third-order valence-electron chi connectivity index (χ3n) is 3.53. The lowest BCUT2D eigenvalue weighted by atomic mass is 10.1. The smallest absolute Gasteiger partial charge is 0.337 e. The average molecular weight is 386 g/mol. The lowest BCUT2D eigenvalue weighted by Crippen LogP contribution is -2.28. The Kier molecular flexibility index (Phi) is 5.60. The largest absolute Gasteiger partial charge is 0.416 e. The molecule has 0 aliphatic rings. The molecule has 26 heavy (non-hydrogen) atoms. The van der Waals surface area contributed by atoms with Gasteiger partial charge in [0.05, 0.1) is 23.1 Å². The lowest BCUT2D eigenvalue weighted by molar-refractivity contribution is -0.138. The van der Waals surface area contributed by atoms with E-state index in [1.807, 2.05) is 0 Å². The lowest BCUT2D eigenvalue weighted by Gasteiger charge is -2.21. The number of nitrogens with zero attached hydrogens (tertiary/aromatic N) is 1. The molecule has 5 nitrogen and oxygen atoms in total. The van der Waals surface area contributed by atoms with Crippen LogP contribution in [0, 0.1) is 0 Å². The number of nitrogens with one attached hydrogen (secondary N) is 1. The van der Waals surface area contributed by atoms with Gasteiger partial charge in [-0.15, -0.1) is 0 Å². The summed E-state index contributed by atoms with van der Waals surface area (Å²) in [7, 11) is -2.26. The summed E-state index contributed by atoms with van der Waals surface area (Å²) >= 11 is 0. The Morgan fingerprint density at radius 3 is 2.27 bits per heavy atom. The number of benzene rings is 2. The minimum Gasteiger partial charge on any atom is -0.337 e. The second-order valence-corrected chi connectivity index (χ2v) is 7.48. The number of para-hydroxylation sites is 1. The second-order valence-electron chi connectivity index (χ2n) is 5.74. The molecule has 1 amide bonds. The SMILES string of the molecule is CN(Cc1ccccc1C(F)(F)F)C(=O)c1ccccc1NS(C)(=O)=O. The molecule has 2 rings (SSSR count). The number of rotatable bonds is 5. The van der Waals surface area contributed by atoms with Crippen molar-refractivity contribution in [2.24, 2.45) is 0 Å². The molecule has 0 saturated carbocycles. The van der Waals surface area contributed by atoms with Crippen molar-refractivity contribution in [3.63, 3.8) is 0 Å². The van der Waals surface area contributed by atoms with Crippen LogP contribution in [0.25, 0.3) is 0 Å². The number of alkyl halides is 3. The van der Waals surface area contributed by atoms with Crippen molar-refractivity contribution in [3.8, 4) is 0 Å². The molecule has 0 bridgehead atoms. The molecule has 1 N–H and O–H groups in total. The molecule has 0 radical (unpaired) electrons. The minimum atomic E-state index is -4.53. The quantitative estimate of drug-likeness (QED) is 0.857. The van der Waals surface area contributed by atoms with E-state index in [4.69, 9.17) is 0 Å². The number of carbonyl (C=O) groups is 1. The van der Waals surface area contributed by atoms with Crippen LogP contribution in [0.5, 0.6) is 0 Å². The number of hydrogen-bond acceptors (Lipinski definition) is 3. The predicted molar refractivity (Wildman–Crippen MR) is 92.2 cm³/mol. The van der Waals surface area contributed by atoms with Gasteiger partial charge in [-0.2, -0.15) is 13.2 Å². The summed E-state index contributed by atoms with van der Waals surface area (Å²) in [6.45, 7) is -0.276. The molecule has 0 aliphatic carbocycles. The third-order valence-corrected chi connectivity index (χ3v) is 4.12. The second kappa shape index (κ2) is 7.36. The van der Waals surface area contributed by atoms with Gasteiger partial charge >= 0.3 is 6.18 Å². The van der Waals surface area contributed by atoms with Crippen LogP contribution < -0.4 is 4.72 Å². The minimum absolute atomic E-state index is 0.0462. The fourth-order valence-corrected chi connectivity index (χ4v) is 3.00. The van der Waals surface area contributed by atoms with Gasteiger partial charge in [-0.25, -0.2) is 8.42 Å². The Labute approximate surface area is 149 Å². The number of sulfonamides is 1. The molecular weight excluding hydrogens is 369 g/mol. The maximum atomic E-state index is 13.1. The van der Waals surface area contributed by atoms with Crippen LogP contribution in [0.4, 0.5) is 18.9 Å². The van der Waals surface area contributed by atoms with Crippen molar-refractivity contribution in [2.45, 2.75) is 12.7 Å². The molecule has 2 aromatic rings. The van der Waals surface area contributed by atoms with Gasteiger partial charge in [-0.05, 0) is 23.8 Å². The van der Waals surface area contributed by atoms with E-state index in [0.717, 1.165) is 17.2 Å². The normalized spacial score (nSPS) is 11.9. The van der Waals surface area contributed by atoms with Crippen molar-refractivity contribution < 1.29 is 26.4 Å². The summed E-state index contributed by atoms with van der Waals surface area (Å²) in [5.74, 6) is -0.603. The Bertz CT molecular complexity index is 911. The van der Waals surface area contributed by atoms with Crippen LogP contribution in [0.2, 0.25) is 0 Å². The van der Waals surface area contributed by atoms with Gasteiger partial charge in [0, 0.05) is 13.6 Å². The van der Waals surface area contributed by atoms with Crippen molar-refractivity contribution in [1.82, 2.24) is 4.90 Å². The van der Waals surface area contributed by atoms with Crippen molar-refractivity contribution in [1.29, 1.82) is 0 Å². The van der Waals surface area contributed by atoms with Crippen LogP contribution in [0.3, 0.4) is 0 Å². The summed E-state index contributed by atoms with van der Waals surface area (Å²) in [5.41, 5.74) is -0.757. The Hall–Kier alpha value is -2.55. The van der Waals surface area contributed by atoms with Gasteiger partial charge in [-0.3, -0.25) is 9.52 Å². The molecule has 140 valence electrons. The first kappa shape index (κ1) is 19.8. The van der Waals surface area contributed by atoms with E-state index in [0.29, 0.717) is 0 Å². The summed E-state index contributed by atoms with van der Waals surface area (Å²) < 4.78 is 64.4. The predicted octanol–water partition coefficient (Wildman–Crippen LogP) is 3.35. The highest BCUT2D eigenvalue weighted by Gasteiger charge is 2.33. The summed E-state index contributed by atoms with van der Waals surface area (Å²) in [6, 6.07) is 10.9. The Morgan fingerprint density at radius 1 is 1.08 bits per heavy atom. The van der Waals surface area contributed by atoms with Gasteiger partial charge < -0.3 is 4.90 Å². The van der Waals surface area contributed by atoms with Crippen molar-refractivity contribution >= 4 is 21.6 Å². The highest BCUT2D eigenvalue weighted by molar-refractivity contribution is 7.92. The third kappa shape index (κ3) is 4.98. The van der Waals surface area contributed by atoms with Gasteiger partial charge in [0.2, 0.25) is 10.0 Å². The van der Waals surface area contributed by atoms with Crippen LogP contribution in [0.15, 0.2) is 48.5 Å². The number of halogens is 3. The summed E-state index contributed by atoms with van der Waals surface area (Å²) in [5, 5.41) is 0. The van der Waals surface area contributed by atoms with Gasteiger partial charge in [0.25, 0.3) is 5.91 Å². The molecule has 0 saturated heterocycles. The first-order chi connectivity index (χ1) is 12.0. The van der Waals surface area contributed by atoms with E-state index < -0.39 is 27.7 Å². The van der Waals surface area contributed by atoms with Crippen molar-refractivity contribution in [3.05, 3.63) is 65.2 Å². The monoisotopic (exact) mass is 386 g/mol. The van der Waals surface area contributed by atoms with Crippen LogP contribution in [-0.4, -0.2) is 32.5 Å². The van der Waals surface area contributed by atoms with E-state index in [1.165, 1.54) is 43.4 Å². The average Bonchev–Trinajstić information content (AvgIpc) is 2.52. The van der Waals surface area contributed by atoms with Gasteiger partial charge in [-0.1, -0.05) is 30.3 Å². The number of hydrogen-bond donors (Lipinski definition) is 1. The molecule has 0 fully saturated rings. The zero-order chi connectivity index (χ0) is 19.5. The van der Waals surface area contributed by atoms with Crippen LogP contribution in [-0.2, 0) is 22.7 Å². The van der Waals surface area contributed by atoms with E-state index in [1.54, 1.807) is 6.07 Å². The van der Waals surface area contributed by atoms with E-state index in [2.05, 4.69) is 4.72 Å². The maximum Gasteiger partial charge on any atom is 0.416 e. The Balaban J connectivity index is 2.30. The zero-order valence-electron chi connectivity index (χ0n) is 14.0. The van der Waals surface area contributed by atoms with Crippen LogP contribution >= 0.6 is 0 Å². The summed E-state index contributed by atoms with van der Waals surface area (Å²) in [6.07, 6.45) is -3.59. The highest BCUT2D eigenvalue weighted by Crippen LogP contribution is 2.32. The molecule has 0 spiro atoms. The van der Waals surface area contributed by atoms with Gasteiger partial charge in [0.1, 0.15) is 0 Å². The molecule has 0 heterocycles. The first-order valence-corrected chi connectivity index (χ1v) is 9.35. The van der Waals surface area contributed by atoms with E-state index in [9.17, 15) is 26.4 Å². The topological polar surface area (TPSA) is 66.5 Å². The number of amides is 1. The fourth-order valence-electron chi connectivity index (χ4n) is 2.43. The molecule has 0 aromatic heterocycles. The summed E-state index contributed by atoms with van der Waals surface area (Å²) in [4.78, 5) is 13.7. The van der Waals surface area contributed by atoms with E-state index >= 15 is 0 Å². The van der Waals surface area contributed by atoms with Gasteiger partial charge in [0.15, 0.2) is 0 Å². The molecule has 0 unspecified atom stereocenters. The molecular formula is C17H17F3N2O3S. The Morgan fingerprint density at radius 2 is 1.65 bits per heavy atom. The highest BCUT2D eigenvalue weighted by atomic mass is 32.2. The zero-order valence-corrected chi connectivity index (χ0v) is 14.9. The molecule has 9 heteroatoms. The molecule has 2 aromatic carbocycles. The fraction of sp³-hybridized carbons (Fsp3) is 0.235. The van der Waals surface area contributed by atoms with Crippen molar-refractivity contribution in [2.75, 3.05) is 18.0 Å². The number of anilines is 1.